The van der Waals surface area contributed by atoms with Gasteiger partial charge in [0.05, 0.1) is 10.0 Å². The number of fused-ring (bicyclic) bond motifs is 1. The zero-order chi connectivity index (χ0) is 11.0. The molecule has 2 aromatic rings. The van der Waals surface area contributed by atoms with Crippen LogP contribution in [0.15, 0.2) is 24.4 Å². The van der Waals surface area contributed by atoms with E-state index in [2.05, 4.69) is 4.98 Å². The van der Waals surface area contributed by atoms with Crippen molar-refractivity contribution in [2.75, 3.05) is 0 Å². The predicted molar refractivity (Wildman–Crippen MR) is 60.3 cm³/mol. The third-order valence-electron chi connectivity index (χ3n) is 2.07. The smallest absolute Gasteiger partial charge is 0.267 e. The topological polar surface area (TPSA) is 56.0 Å². The zero-order valence-corrected chi connectivity index (χ0v) is 9.01. The Balaban J connectivity index is 2.89. The number of carbonyl (C=O) groups is 1. The molecule has 3 nitrogen and oxygen atoms in total. The summed E-state index contributed by atoms with van der Waals surface area (Å²) >= 11 is 11.8. The van der Waals surface area contributed by atoms with E-state index in [0.29, 0.717) is 20.8 Å². The van der Waals surface area contributed by atoms with E-state index >= 15 is 0 Å². The Hall–Kier alpha value is -1.32. The average Bonchev–Trinajstić information content (AvgIpc) is 2.23. The predicted octanol–water partition coefficient (Wildman–Crippen LogP) is 2.64. The molecule has 0 unspecified atom stereocenters. The molecule has 0 saturated carbocycles. The second-order valence-electron chi connectivity index (χ2n) is 2.98. The molecule has 0 fully saturated rings. The second kappa shape index (κ2) is 3.68. The summed E-state index contributed by atoms with van der Waals surface area (Å²) in [5.74, 6) is -0.584. The van der Waals surface area contributed by atoms with Gasteiger partial charge in [0, 0.05) is 17.0 Å². The Kier molecular flexibility index (Phi) is 2.50. The van der Waals surface area contributed by atoms with Crippen molar-refractivity contribution in [1.29, 1.82) is 0 Å². The van der Waals surface area contributed by atoms with Crippen LogP contribution in [0.5, 0.6) is 0 Å². The van der Waals surface area contributed by atoms with Crippen LogP contribution in [-0.4, -0.2) is 10.9 Å². The van der Waals surface area contributed by atoms with Crippen LogP contribution in [0.2, 0.25) is 10.0 Å². The van der Waals surface area contributed by atoms with Gasteiger partial charge in [0.15, 0.2) is 0 Å². The maximum absolute atomic E-state index is 11.1. The Bertz CT molecular complexity index is 554. The number of carbonyl (C=O) groups excluding carboxylic acids is 1. The summed E-state index contributed by atoms with van der Waals surface area (Å²) in [7, 11) is 0. The monoisotopic (exact) mass is 240 g/mol. The van der Waals surface area contributed by atoms with E-state index in [1.807, 2.05) is 0 Å². The molecule has 0 aliphatic rings. The number of amides is 1. The van der Waals surface area contributed by atoms with Crippen molar-refractivity contribution < 1.29 is 4.79 Å². The number of pyridine rings is 1. The summed E-state index contributed by atoms with van der Waals surface area (Å²) in [6.07, 6.45) is 1.48. The number of halogens is 2. The van der Waals surface area contributed by atoms with Crippen molar-refractivity contribution in [1.82, 2.24) is 4.98 Å². The minimum atomic E-state index is -0.584. The Labute approximate surface area is 95.8 Å². The highest BCUT2D eigenvalue weighted by Gasteiger charge is 2.11. The van der Waals surface area contributed by atoms with Crippen molar-refractivity contribution in [3.8, 4) is 0 Å². The molecule has 0 bridgehead atoms. The van der Waals surface area contributed by atoms with Gasteiger partial charge in [0.2, 0.25) is 0 Å². The lowest BCUT2D eigenvalue weighted by molar-refractivity contribution is 0.0997. The molecule has 76 valence electrons. The number of benzene rings is 1. The average molecular weight is 241 g/mol. The van der Waals surface area contributed by atoms with E-state index < -0.39 is 5.91 Å². The number of hydrogen-bond donors (Lipinski definition) is 1. The van der Waals surface area contributed by atoms with Crippen LogP contribution in [0.4, 0.5) is 0 Å². The van der Waals surface area contributed by atoms with E-state index in [1.54, 1.807) is 18.2 Å². The molecule has 1 amide bonds. The minimum Gasteiger partial charge on any atom is -0.364 e. The van der Waals surface area contributed by atoms with E-state index in [9.17, 15) is 4.79 Å². The van der Waals surface area contributed by atoms with E-state index in [1.165, 1.54) is 6.20 Å². The first kappa shape index (κ1) is 10.2. The lowest BCUT2D eigenvalue weighted by Gasteiger charge is -2.04. The van der Waals surface area contributed by atoms with Crippen LogP contribution in [0.1, 0.15) is 10.5 Å². The fraction of sp³-hybridized carbons (Fsp3) is 0. The number of primary amides is 1. The van der Waals surface area contributed by atoms with Gasteiger partial charge in [-0.3, -0.25) is 9.78 Å². The molecular formula is C10H6Cl2N2O. The molecule has 0 aliphatic heterocycles. The number of aromatic nitrogens is 1. The van der Waals surface area contributed by atoms with Crippen LogP contribution in [0.3, 0.4) is 0 Å². The molecular weight excluding hydrogens is 235 g/mol. The summed E-state index contributed by atoms with van der Waals surface area (Å²) in [4.78, 5) is 15.0. The van der Waals surface area contributed by atoms with Crippen molar-refractivity contribution >= 4 is 39.9 Å². The first-order valence-electron chi connectivity index (χ1n) is 4.14. The molecule has 1 heterocycles. The maximum atomic E-state index is 11.1. The largest absolute Gasteiger partial charge is 0.364 e. The normalized spacial score (nSPS) is 10.5. The molecule has 2 N–H and O–H groups in total. The van der Waals surface area contributed by atoms with Gasteiger partial charge in [0.25, 0.3) is 5.91 Å². The van der Waals surface area contributed by atoms with Gasteiger partial charge in [-0.2, -0.15) is 0 Å². The van der Waals surface area contributed by atoms with Crippen molar-refractivity contribution in [2.45, 2.75) is 0 Å². The summed E-state index contributed by atoms with van der Waals surface area (Å²) in [6.45, 7) is 0. The third kappa shape index (κ3) is 1.64. The first-order chi connectivity index (χ1) is 7.11. The number of nitrogens with zero attached hydrogens (tertiary/aromatic N) is 1. The molecule has 15 heavy (non-hydrogen) atoms. The molecule has 0 radical (unpaired) electrons. The first-order valence-corrected chi connectivity index (χ1v) is 4.89. The molecule has 0 spiro atoms. The van der Waals surface area contributed by atoms with Gasteiger partial charge >= 0.3 is 0 Å². The van der Waals surface area contributed by atoms with Gasteiger partial charge < -0.3 is 5.73 Å². The minimum absolute atomic E-state index is 0.200. The van der Waals surface area contributed by atoms with Crippen molar-refractivity contribution in [3.63, 3.8) is 0 Å². The Morgan fingerprint density at radius 2 is 1.93 bits per heavy atom. The fourth-order valence-corrected chi connectivity index (χ4v) is 1.78. The lowest BCUT2D eigenvalue weighted by Crippen LogP contribution is -2.13. The summed E-state index contributed by atoms with van der Waals surface area (Å²) < 4.78 is 0. The molecule has 0 atom stereocenters. The highest BCUT2D eigenvalue weighted by molar-refractivity contribution is 6.45. The summed E-state index contributed by atoms with van der Waals surface area (Å²) in [5, 5.41) is 2.12. The SMILES string of the molecule is NC(=O)c1nccc2c(Cl)c(Cl)ccc12. The summed E-state index contributed by atoms with van der Waals surface area (Å²) in [5.41, 5.74) is 5.39. The maximum Gasteiger partial charge on any atom is 0.267 e. The Morgan fingerprint density at radius 1 is 1.20 bits per heavy atom. The molecule has 1 aromatic carbocycles. The summed E-state index contributed by atoms with van der Waals surface area (Å²) in [6, 6.07) is 4.98. The number of nitrogens with two attached hydrogens (primary N) is 1. The molecule has 5 heteroatoms. The van der Waals surface area contributed by atoms with Crippen LogP contribution in [0.25, 0.3) is 10.8 Å². The van der Waals surface area contributed by atoms with E-state index in [0.717, 1.165) is 0 Å². The quantitative estimate of drug-likeness (QED) is 0.834. The van der Waals surface area contributed by atoms with Crippen molar-refractivity contribution in [2.24, 2.45) is 5.73 Å². The molecule has 1 aromatic heterocycles. The van der Waals surface area contributed by atoms with E-state index in [4.69, 9.17) is 28.9 Å². The lowest BCUT2D eigenvalue weighted by atomic mass is 10.1. The van der Waals surface area contributed by atoms with Gasteiger partial charge in [0.1, 0.15) is 5.69 Å². The molecule has 0 aliphatic carbocycles. The van der Waals surface area contributed by atoms with Crippen LogP contribution in [-0.2, 0) is 0 Å². The van der Waals surface area contributed by atoms with E-state index in [-0.39, 0.29) is 5.69 Å². The van der Waals surface area contributed by atoms with Crippen LogP contribution < -0.4 is 5.73 Å². The standard InChI is InChI=1S/C10H6Cl2N2O/c11-7-2-1-6-5(8(7)12)3-4-14-9(6)10(13)15/h1-4H,(H2,13,15). The highest BCUT2D eigenvalue weighted by atomic mass is 35.5. The third-order valence-corrected chi connectivity index (χ3v) is 2.88. The van der Waals surface area contributed by atoms with Gasteiger partial charge in [-0.25, -0.2) is 0 Å². The number of hydrogen-bond acceptors (Lipinski definition) is 2. The molecule has 0 saturated heterocycles. The fourth-order valence-electron chi connectivity index (χ4n) is 1.39. The van der Waals surface area contributed by atoms with Gasteiger partial charge in [-0.1, -0.05) is 29.3 Å². The zero-order valence-electron chi connectivity index (χ0n) is 7.50. The van der Waals surface area contributed by atoms with Crippen molar-refractivity contribution in [3.05, 3.63) is 40.1 Å². The molecule has 2 rings (SSSR count). The number of rotatable bonds is 1. The highest BCUT2D eigenvalue weighted by Crippen LogP contribution is 2.31. The van der Waals surface area contributed by atoms with Gasteiger partial charge in [-0.15, -0.1) is 0 Å². The van der Waals surface area contributed by atoms with Crippen LogP contribution in [0, 0.1) is 0 Å². The van der Waals surface area contributed by atoms with Crippen LogP contribution >= 0.6 is 23.2 Å². The van der Waals surface area contributed by atoms with Gasteiger partial charge in [-0.05, 0) is 12.1 Å². The second-order valence-corrected chi connectivity index (χ2v) is 3.77. The Morgan fingerprint density at radius 3 is 2.60 bits per heavy atom.